The molecule has 1 aliphatic rings. The van der Waals surface area contributed by atoms with Crippen LogP contribution in [0, 0.1) is 12.8 Å². The van der Waals surface area contributed by atoms with Gasteiger partial charge in [-0.1, -0.05) is 29.8 Å². The number of amides is 2. The predicted molar refractivity (Wildman–Crippen MR) is 119 cm³/mol. The van der Waals surface area contributed by atoms with Crippen molar-refractivity contribution in [3.8, 4) is 10.6 Å². The molecule has 7 nitrogen and oxygen atoms in total. The van der Waals surface area contributed by atoms with Crippen LogP contribution < -0.4 is 16.0 Å². The number of benzene rings is 1. The van der Waals surface area contributed by atoms with E-state index in [-0.39, 0.29) is 17.7 Å². The lowest BCUT2D eigenvalue weighted by molar-refractivity contribution is -0.122. The van der Waals surface area contributed by atoms with Crippen molar-refractivity contribution in [2.45, 2.75) is 19.8 Å². The summed E-state index contributed by atoms with van der Waals surface area (Å²) in [5.74, 6) is 0.0874. The average molecular weight is 422 g/mol. The maximum Gasteiger partial charge on any atom is 0.275 e. The van der Waals surface area contributed by atoms with Crippen LogP contribution in [0.15, 0.2) is 48.0 Å². The van der Waals surface area contributed by atoms with Gasteiger partial charge in [-0.3, -0.25) is 9.59 Å². The molecule has 0 spiro atoms. The lowest BCUT2D eigenvalue weighted by Crippen LogP contribution is -2.41. The normalized spacial score (nSPS) is 16.3. The Labute approximate surface area is 179 Å². The van der Waals surface area contributed by atoms with Crippen molar-refractivity contribution in [1.29, 1.82) is 0 Å². The Hall–Kier alpha value is -3.26. The van der Waals surface area contributed by atoms with Crippen LogP contribution in [0.1, 0.15) is 28.9 Å². The van der Waals surface area contributed by atoms with Gasteiger partial charge in [0.25, 0.3) is 5.91 Å². The quantitative estimate of drug-likeness (QED) is 0.657. The second-order valence-corrected chi connectivity index (χ2v) is 8.31. The molecule has 0 radical (unpaired) electrons. The minimum atomic E-state index is -0.272. The highest BCUT2D eigenvalue weighted by Crippen LogP contribution is 2.25. The number of carbonyl (C=O) groups excluding carboxylic acids is 2. The Bertz CT molecular complexity index is 1050. The molecule has 0 bridgehead atoms. The third-order valence-corrected chi connectivity index (χ3v) is 6.08. The molecule has 4 rings (SSSR count). The number of piperidine rings is 1. The Kier molecular flexibility index (Phi) is 5.76. The van der Waals surface area contributed by atoms with Gasteiger partial charge < -0.3 is 16.0 Å². The Morgan fingerprint density at radius 3 is 2.70 bits per heavy atom. The van der Waals surface area contributed by atoms with Gasteiger partial charge in [-0.2, -0.15) is 0 Å². The second-order valence-electron chi connectivity index (χ2n) is 7.45. The average Bonchev–Trinajstić information content (AvgIpc) is 3.25. The van der Waals surface area contributed by atoms with Gasteiger partial charge in [0.1, 0.15) is 16.5 Å². The van der Waals surface area contributed by atoms with E-state index >= 15 is 0 Å². The molecular formula is C22H23N5O2S. The molecule has 1 atom stereocenters. The summed E-state index contributed by atoms with van der Waals surface area (Å²) in [6, 6.07) is 11.7. The Morgan fingerprint density at radius 2 is 2.00 bits per heavy atom. The largest absolute Gasteiger partial charge is 0.369 e. The molecule has 0 saturated carbocycles. The zero-order valence-corrected chi connectivity index (χ0v) is 17.5. The Balaban J connectivity index is 1.40. The number of primary amides is 1. The maximum atomic E-state index is 12.6. The van der Waals surface area contributed by atoms with Crippen molar-refractivity contribution in [2.24, 2.45) is 11.7 Å². The topological polar surface area (TPSA) is 101 Å². The molecule has 0 aliphatic carbocycles. The number of anilines is 2. The van der Waals surface area contributed by atoms with Crippen molar-refractivity contribution in [3.63, 3.8) is 0 Å². The van der Waals surface area contributed by atoms with Crippen LogP contribution in [0.25, 0.3) is 10.6 Å². The van der Waals surface area contributed by atoms with Gasteiger partial charge in [0.2, 0.25) is 5.91 Å². The number of aryl methyl sites for hydroxylation is 1. The van der Waals surface area contributed by atoms with Crippen molar-refractivity contribution in [3.05, 3.63) is 59.2 Å². The number of hydrogen-bond donors (Lipinski definition) is 2. The van der Waals surface area contributed by atoms with Gasteiger partial charge in [0.15, 0.2) is 0 Å². The van der Waals surface area contributed by atoms with E-state index in [1.807, 2.05) is 37.3 Å². The zero-order chi connectivity index (χ0) is 21.1. The summed E-state index contributed by atoms with van der Waals surface area (Å²) >= 11 is 1.44. The second kappa shape index (κ2) is 8.62. The minimum Gasteiger partial charge on any atom is -0.369 e. The first-order valence-corrected chi connectivity index (χ1v) is 10.7. The Morgan fingerprint density at radius 1 is 1.20 bits per heavy atom. The SMILES string of the molecule is Cc1ccc(-c2nc(C(=O)Nc3ccc(N4CCCC(C(N)=O)C4)nc3)cs2)cc1. The first-order chi connectivity index (χ1) is 14.5. The summed E-state index contributed by atoms with van der Waals surface area (Å²) in [5, 5.41) is 5.40. The molecule has 3 N–H and O–H groups in total. The molecule has 1 saturated heterocycles. The molecule has 1 fully saturated rings. The van der Waals surface area contributed by atoms with E-state index in [4.69, 9.17) is 5.73 Å². The fourth-order valence-electron chi connectivity index (χ4n) is 3.47. The van der Waals surface area contributed by atoms with E-state index in [1.54, 1.807) is 17.6 Å². The molecular weight excluding hydrogens is 398 g/mol. The highest BCUT2D eigenvalue weighted by atomic mass is 32.1. The maximum absolute atomic E-state index is 12.6. The third-order valence-electron chi connectivity index (χ3n) is 5.19. The number of nitrogens with one attached hydrogen (secondary N) is 1. The third kappa shape index (κ3) is 4.49. The minimum absolute atomic E-state index is 0.146. The number of hydrogen-bond acceptors (Lipinski definition) is 6. The predicted octanol–water partition coefficient (Wildman–Crippen LogP) is 3.47. The summed E-state index contributed by atoms with van der Waals surface area (Å²) in [6.45, 7) is 3.45. The van der Waals surface area contributed by atoms with E-state index in [1.165, 1.54) is 16.9 Å². The number of nitrogens with zero attached hydrogens (tertiary/aromatic N) is 3. The van der Waals surface area contributed by atoms with Crippen molar-refractivity contribution in [1.82, 2.24) is 9.97 Å². The van der Waals surface area contributed by atoms with Gasteiger partial charge in [-0.15, -0.1) is 11.3 Å². The number of nitrogens with two attached hydrogens (primary N) is 1. The molecule has 2 aromatic heterocycles. The molecule has 1 unspecified atom stereocenters. The van der Waals surface area contributed by atoms with Crippen LogP contribution >= 0.6 is 11.3 Å². The van der Waals surface area contributed by atoms with E-state index in [0.717, 1.165) is 35.8 Å². The van der Waals surface area contributed by atoms with Crippen molar-refractivity contribution in [2.75, 3.05) is 23.3 Å². The summed E-state index contributed by atoms with van der Waals surface area (Å²) < 4.78 is 0. The number of carbonyl (C=O) groups is 2. The highest BCUT2D eigenvalue weighted by Gasteiger charge is 2.24. The van der Waals surface area contributed by atoms with Crippen LogP contribution in [0.4, 0.5) is 11.5 Å². The van der Waals surface area contributed by atoms with E-state index in [0.29, 0.717) is 17.9 Å². The zero-order valence-electron chi connectivity index (χ0n) is 16.7. The fraction of sp³-hybridized carbons (Fsp3) is 0.273. The van der Waals surface area contributed by atoms with Crippen LogP contribution in [0.5, 0.6) is 0 Å². The summed E-state index contributed by atoms with van der Waals surface area (Å²) in [6.07, 6.45) is 3.34. The van der Waals surface area contributed by atoms with E-state index in [2.05, 4.69) is 20.2 Å². The number of aromatic nitrogens is 2. The van der Waals surface area contributed by atoms with Crippen molar-refractivity contribution >= 4 is 34.7 Å². The summed E-state index contributed by atoms with van der Waals surface area (Å²) in [4.78, 5) is 35.0. The molecule has 3 aromatic rings. The summed E-state index contributed by atoms with van der Waals surface area (Å²) in [7, 11) is 0. The molecule has 8 heteroatoms. The number of pyridine rings is 1. The molecule has 30 heavy (non-hydrogen) atoms. The summed E-state index contributed by atoms with van der Waals surface area (Å²) in [5.41, 5.74) is 8.59. The van der Waals surface area contributed by atoms with Crippen LogP contribution in [0.3, 0.4) is 0 Å². The molecule has 154 valence electrons. The van der Waals surface area contributed by atoms with Gasteiger partial charge in [-0.05, 0) is 31.9 Å². The van der Waals surface area contributed by atoms with E-state index in [9.17, 15) is 9.59 Å². The lowest BCUT2D eigenvalue weighted by Gasteiger charge is -2.32. The first-order valence-electron chi connectivity index (χ1n) is 9.84. The molecule has 3 heterocycles. The lowest BCUT2D eigenvalue weighted by atomic mass is 9.97. The smallest absolute Gasteiger partial charge is 0.275 e. The monoisotopic (exact) mass is 421 g/mol. The first kappa shape index (κ1) is 20.0. The van der Waals surface area contributed by atoms with Gasteiger partial charge >= 0.3 is 0 Å². The van der Waals surface area contributed by atoms with Crippen LogP contribution in [-0.4, -0.2) is 34.9 Å². The van der Waals surface area contributed by atoms with Crippen LogP contribution in [0.2, 0.25) is 0 Å². The fourth-order valence-corrected chi connectivity index (χ4v) is 4.27. The van der Waals surface area contributed by atoms with Crippen LogP contribution in [-0.2, 0) is 4.79 Å². The molecule has 1 aliphatic heterocycles. The van der Waals surface area contributed by atoms with Crippen molar-refractivity contribution < 1.29 is 9.59 Å². The number of rotatable bonds is 5. The van der Waals surface area contributed by atoms with Gasteiger partial charge in [-0.25, -0.2) is 9.97 Å². The standard InChI is InChI=1S/C22H23N5O2S/c1-14-4-6-15(7-5-14)22-26-18(13-30-22)21(29)25-17-8-9-19(24-11-17)27-10-2-3-16(12-27)20(23)28/h4-9,11,13,16H,2-3,10,12H2,1H3,(H2,23,28)(H,25,29). The van der Waals surface area contributed by atoms with Gasteiger partial charge in [0.05, 0.1) is 17.8 Å². The molecule has 1 aromatic carbocycles. The van der Waals surface area contributed by atoms with Gasteiger partial charge in [0, 0.05) is 24.0 Å². The number of thiazole rings is 1. The molecule has 2 amide bonds. The highest BCUT2D eigenvalue weighted by molar-refractivity contribution is 7.13. The van der Waals surface area contributed by atoms with E-state index < -0.39 is 0 Å².